The van der Waals surface area contributed by atoms with Crippen molar-refractivity contribution in [2.24, 2.45) is 7.05 Å². The van der Waals surface area contributed by atoms with Gasteiger partial charge in [0.15, 0.2) is 0 Å². The van der Waals surface area contributed by atoms with E-state index >= 15 is 0 Å². The van der Waals surface area contributed by atoms with Gasteiger partial charge in [-0.2, -0.15) is 5.10 Å². The first-order chi connectivity index (χ1) is 8.16. The molecule has 5 heteroatoms. The molecule has 0 saturated heterocycles. The Morgan fingerprint density at radius 3 is 2.76 bits per heavy atom. The van der Waals surface area contributed by atoms with Gasteiger partial charge in [0.2, 0.25) is 5.91 Å². The highest BCUT2D eigenvalue weighted by atomic mass is 16.2. The quantitative estimate of drug-likeness (QED) is 0.777. The molecule has 1 spiro atoms. The third-order valence-electron chi connectivity index (χ3n) is 3.94. The molecule has 5 nitrogen and oxygen atoms in total. The summed E-state index contributed by atoms with van der Waals surface area (Å²) in [6.45, 7) is 2.05. The highest BCUT2D eigenvalue weighted by Crippen LogP contribution is 2.41. The van der Waals surface area contributed by atoms with Crippen LogP contribution < -0.4 is 10.6 Å². The van der Waals surface area contributed by atoms with Crippen LogP contribution in [0.3, 0.4) is 0 Å². The van der Waals surface area contributed by atoms with E-state index in [1.165, 1.54) is 0 Å². The molecule has 1 saturated carbocycles. The van der Waals surface area contributed by atoms with Crippen molar-refractivity contribution in [3.63, 3.8) is 0 Å². The summed E-state index contributed by atoms with van der Waals surface area (Å²) in [5.41, 5.74) is 1.44. The zero-order valence-electron chi connectivity index (χ0n) is 10.3. The van der Waals surface area contributed by atoms with Crippen LogP contribution in [0.15, 0.2) is 0 Å². The zero-order chi connectivity index (χ0) is 12.0. The molecule has 17 heavy (non-hydrogen) atoms. The highest BCUT2D eigenvalue weighted by molar-refractivity contribution is 6.06. The molecule has 0 radical (unpaired) electrons. The van der Waals surface area contributed by atoms with Gasteiger partial charge in [-0.25, -0.2) is 0 Å². The van der Waals surface area contributed by atoms with Crippen molar-refractivity contribution in [2.75, 3.05) is 10.6 Å². The van der Waals surface area contributed by atoms with Crippen molar-refractivity contribution >= 4 is 17.4 Å². The highest BCUT2D eigenvalue weighted by Gasteiger charge is 2.45. The molecule has 0 atom stereocenters. The third kappa shape index (κ3) is 1.38. The van der Waals surface area contributed by atoms with E-state index < -0.39 is 0 Å². The van der Waals surface area contributed by atoms with Crippen molar-refractivity contribution in [1.82, 2.24) is 9.78 Å². The number of rotatable bonds is 1. The lowest BCUT2D eigenvalue weighted by molar-refractivity contribution is -0.120. The summed E-state index contributed by atoms with van der Waals surface area (Å²) in [6, 6.07) is 0. The topological polar surface area (TPSA) is 59.0 Å². The standard InChI is InChI=1S/C12H18N4O/c1-3-8-9-10(16(2)15-8)14-12(11(17)13-9)6-4-5-7-12/h14H,3-7H2,1-2H3,(H,13,17). The van der Waals surface area contributed by atoms with E-state index in [0.717, 1.165) is 49.3 Å². The predicted octanol–water partition coefficient (Wildman–Crippen LogP) is 1.66. The van der Waals surface area contributed by atoms with Crippen LogP contribution in [0.5, 0.6) is 0 Å². The third-order valence-corrected chi connectivity index (χ3v) is 3.94. The van der Waals surface area contributed by atoms with Gasteiger partial charge in [-0.3, -0.25) is 9.48 Å². The van der Waals surface area contributed by atoms with E-state index in [4.69, 9.17) is 0 Å². The fourth-order valence-corrected chi connectivity index (χ4v) is 2.95. The molecule has 1 aromatic heterocycles. The van der Waals surface area contributed by atoms with Crippen LogP contribution in [0.1, 0.15) is 38.3 Å². The molecule has 2 heterocycles. The second kappa shape index (κ2) is 3.48. The number of aromatic nitrogens is 2. The monoisotopic (exact) mass is 234 g/mol. The molecular weight excluding hydrogens is 216 g/mol. The Balaban J connectivity index is 2.05. The van der Waals surface area contributed by atoms with E-state index in [-0.39, 0.29) is 11.4 Å². The Hall–Kier alpha value is -1.52. The van der Waals surface area contributed by atoms with Crippen molar-refractivity contribution in [2.45, 2.75) is 44.6 Å². The minimum atomic E-state index is -0.383. The first-order valence-electron chi connectivity index (χ1n) is 6.32. The lowest BCUT2D eigenvalue weighted by Crippen LogP contribution is -2.50. The Kier molecular flexibility index (Phi) is 2.18. The number of nitrogens with zero attached hydrogens (tertiary/aromatic N) is 2. The maximum Gasteiger partial charge on any atom is 0.250 e. The molecule has 2 aliphatic rings. The van der Waals surface area contributed by atoms with Crippen molar-refractivity contribution in [1.29, 1.82) is 0 Å². The lowest BCUT2D eigenvalue weighted by atomic mass is 9.94. The van der Waals surface area contributed by atoms with Crippen LogP contribution in [0.25, 0.3) is 0 Å². The molecule has 1 aromatic rings. The maximum absolute atomic E-state index is 12.2. The number of aryl methyl sites for hydroxylation is 2. The minimum Gasteiger partial charge on any atom is -0.354 e. The van der Waals surface area contributed by atoms with E-state index in [9.17, 15) is 4.79 Å². The molecule has 1 aliphatic heterocycles. The first-order valence-corrected chi connectivity index (χ1v) is 6.32. The van der Waals surface area contributed by atoms with Gasteiger partial charge < -0.3 is 10.6 Å². The van der Waals surface area contributed by atoms with Gasteiger partial charge in [0.1, 0.15) is 17.0 Å². The molecule has 1 aliphatic carbocycles. The number of anilines is 2. The van der Waals surface area contributed by atoms with Gasteiger partial charge in [0.25, 0.3) is 0 Å². The van der Waals surface area contributed by atoms with E-state index in [2.05, 4.69) is 22.7 Å². The van der Waals surface area contributed by atoms with Crippen LogP contribution in [-0.2, 0) is 18.3 Å². The summed E-state index contributed by atoms with van der Waals surface area (Å²) in [7, 11) is 1.92. The van der Waals surface area contributed by atoms with Crippen molar-refractivity contribution in [3.8, 4) is 0 Å². The molecule has 1 fully saturated rings. The summed E-state index contributed by atoms with van der Waals surface area (Å²) in [6.07, 6.45) is 4.91. The van der Waals surface area contributed by atoms with E-state index in [1.54, 1.807) is 0 Å². The summed E-state index contributed by atoms with van der Waals surface area (Å²) in [5.74, 6) is 1.08. The number of carbonyl (C=O) groups excluding carboxylic acids is 1. The average Bonchev–Trinajstić information content (AvgIpc) is 2.89. The fourth-order valence-electron chi connectivity index (χ4n) is 2.95. The maximum atomic E-state index is 12.2. The van der Waals surface area contributed by atoms with Gasteiger partial charge in [-0.15, -0.1) is 0 Å². The average molecular weight is 234 g/mol. The van der Waals surface area contributed by atoms with E-state index in [0.29, 0.717) is 0 Å². The smallest absolute Gasteiger partial charge is 0.250 e. The summed E-state index contributed by atoms with van der Waals surface area (Å²) in [4.78, 5) is 12.2. The molecule has 3 rings (SSSR count). The second-order valence-corrected chi connectivity index (χ2v) is 5.02. The number of hydrogen-bond acceptors (Lipinski definition) is 3. The van der Waals surface area contributed by atoms with Crippen LogP contribution in [0, 0.1) is 0 Å². The zero-order valence-corrected chi connectivity index (χ0v) is 10.3. The predicted molar refractivity (Wildman–Crippen MR) is 66.0 cm³/mol. The molecule has 0 bridgehead atoms. The van der Waals surface area contributed by atoms with Gasteiger partial charge in [-0.05, 0) is 19.3 Å². The van der Waals surface area contributed by atoms with E-state index in [1.807, 2.05) is 11.7 Å². The van der Waals surface area contributed by atoms with Gasteiger partial charge in [0, 0.05) is 7.05 Å². The van der Waals surface area contributed by atoms with Crippen LogP contribution in [-0.4, -0.2) is 21.2 Å². The van der Waals surface area contributed by atoms with Gasteiger partial charge in [-0.1, -0.05) is 19.8 Å². The normalized spacial score (nSPS) is 21.2. The van der Waals surface area contributed by atoms with Gasteiger partial charge in [0.05, 0.1) is 5.69 Å². The minimum absolute atomic E-state index is 0.116. The lowest BCUT2D eigenvalue weighted by Gasteiger charge is -2.34. The molecule has 0 aromatic carbocycles. The van der Waals surface area contributed by atoms with Crippen LogP contribution in [0.2, 0.25) is 0 Å². The molecule has 0 unspecified atom stereocenters. The summed E-state index contributed by atoms with van der Waals surface area (Å²) >= 11 is 0. The largest absolute Gasteiger partial charge is 0.354 e. The Bertz CT molecular complexity index is 471. The Morgan fingerprint density at radius 1 is 1.41 bits per heavy atom. The molecule has 92 valence electrons. The number of fused-ring (bicyclic) bond motifs is 1. The fraction of sp³-hybridized carbons (Fsp3) is 0.667. The molecule has 2 N–H and O–H groups in total. The number of nitrogens with one attached hydrogen (secondary N) is 2. The number of amides is 1. The van der Waals surface area contributed by atoms with Gasteiger partial charge >= 0.3 is 0 Å². The SMILES string of the molecule is CCc1nn(C)c2c1NC(=O)C1(CCCC1)N2. The van der Waals surface area contributed by atoms with Crippen molar-refractivity contribution < 1.29 is 4.79 Å². The first kappa shape index (κ1) is 10.6. The summed E-state index contributed by atoms with van der Waals surface area (Å²) < 4.78 is 1.84. The van der Waals surface area contributed by atoms with Crippen LogP contribution in [0.4, 0.5) is 11.5 Å². The van der Waals surface area contributed by atoms with Crippen molar-refractivity contribution in [3.05, 3.63) is 5.69 Å². The number of carbonyl (C=O) groups is 1. The molecular formula is C12H18N4O. The summed E-state index contributed by atoms with van der Waals surface area (Å²) in [5, 5.41) is 10.9. The Morgan fingerprint density at radius 2 is 2.12 bits per heavy atom. The Labute approximate surface area is 101 Å². The second-order valence-electron chi connectivity index (χ2n) is 5.02. The van der Waals surface area contributed by atoms with Crippen LogP contribution >= 0.6 is 0 Å². The molecule has 1 amide bonds. The number of hydrogen-bond donors (Lipinski definition) is 2.